The van der Waals surface area contributed by atoms with E-state index >= 15 is 0 Å². The second-order valence-corrected chi connectivity index (χ2v) is 16.4. The summed E-state index contributed by atoms with van der Waals surface area (Å²) in [4.78, 5) is 41.7. The summed E-state index contributed by atoms with van der Waals surface area (Å²) in [6.45, 7) is 13.8. The molecule has 0 saturated carbocycles. The molecule has 0 aliphatic rings. The highest BCUT2D eigenvalue weighted by atomic mass is 32.2. The number of ether oxygens (including phenoxy) is 3. The largest absolute Gasteiger partial charge is 0.481 e. The van der Waals surface area contributed by atoms with E-state index in [0.717, 1.165) is 34.1 Å². The van der Waals surface area contributed by atoms with E-state index in [2.05, 4.69) is 61.2 Å². The lowest BCUT2D eigenvalue weighted by atomic mass is 9.91. The second kappa shape index (κ2) is 23.3. The molecule has 1 unspecified atom stereocenters. The third kappa shape index (κ3) is 16.7. The zero-order valence-electron chi connectivity index (χ0n) is 34.0. The minimum absolute atomic E-state index is 0.0284. The number of carbonyl (C=O) groups excluding carboxylic acids is 1. The Kier molecular flexibility index (Phi) is 19.4. The van der Waals surface area contributed by atoms with Crippen LogP contribution < -0.4 is 10.9 Å². The summed E-state index contributed by atoms with van der Waals surface area (Å²) in [6.07, 6.45) is 4.12. The van der Waals surface area contributed by atoms with E-state index in [9.17, 15) is 27.9 Å². The molecule has 1 aromatic heterocycles. The first-order valence-corrected chi connectivity index (χ1v) is 21.0. The molecule has 0 radical (unpaired) electrons. The third-order valence-corrected chi connectivity index (χ3v) is 9.88. The highest BCUT2D eigenvalue weighted by Gasteiger charge is 2.27. The summed E-state index contributed by atoms with van der Waals surface area (Å²) >= 11 is 0. The summed E-state index contributed by atoms with van der Waals surface area (Å²) in [5.41, 5.74) is 6.68. The standard InChI is InChI=1S/C42H61N3O10S/c1-30(2)11-12-38(42(49)43-37(29-40(47)48)35-9-8-10-36(28-35)41-32(4)25-31(3)26-33(41)5)45-16-14-34(27-39(45)46)13-15-44(6)17-18-52-19-20-53-21-22-54-23-24-55-56(7,50)51/h8-10,14,16,25-28,30,37-38H,11-13,15,17-24,29H2,1-7H3,(H,43,49)(H,47,48)/t37-,38?/m0/s1. The van der Waals surface area contributed by atoms with E-state index in [1.54, 1.807) is 12.3 Å². The Hall–Kier alpha value is -3.92. The number of hydrogen-bond donors (Lipinski definition) is 2. The number of benzene rings is 2. The number of aryl methyl sites for hydroxylation is 3. The van der Waals surface area contributed by atoms with Crippen molar-refractivity contribution in [1.29, 1.82) is 0 Å². The summed E-state index contributed by atoms with van der Waals surface area (Å²) in [5, 5.41) is 12.9. The van der Waals surface area contributed by atoms with Gasteiger partial charge in [-0.1, -0.05) is 49.7 Å². The van der Waals surface area contributed by atoms with Gasteiger partial charge in [-0.05, 0) is 98.5 Å². The van der Waals surface area contributed by atoms with Gasteiger partial charge in [0.1, 0.15) is 6.04 Å². The van der Waals surface area contributed by atoms with Gasteiger partial charge >= 0.3 is 5.97 Å². The molecule has 0 aliphatic carbocycles. The molecule has 13 nitrogen and oxygen atoms in total. The summed E-state index contributed by atoms with van der Waals surface area (Å²) in [7, 11) is -1.49. The molecular weight excluding hydrogens is 739 g/mol. The van der Waals surface area contributed by atoms with Gasteiger partial charge in [-0.2, -0.15) is 8.42 Å². The zero-order valence-corrected chi connectivity index (χ0v) is 34.9. The van der Waals surface area contributed by atoms with E-state index in [1.165, 1.54) is 10.1 Å². The smallest absolute Gasteiger partial charge is 0.305 e. The van der Waals surface area contributed by atoms with Crippen LogP contribution in [0.5, 0.6) is 0 Å². The molecule has 2 aromatic carbocycles. The predicted octanol–water partition coefficient (Wildman–Crippen LogP) is 5.25. The van der Waals surface area contributed by atoms with Crippen LogP contribution in [-0.4, -0.2) is 108 Å². The number of carboxylic acids is 1. The average Bonchev–Trinajstić information content (AvgIpc) is 3.10. The summed E-state index contributed by atoms with van der Waals surface area (Å²) in [5.74, 6) is -1.14. The number of nitrogens with one attached hydrogen (secondary N) is 1. The molecular formula is C42H61N3O10S. The average molecular weight is 800 g/mol. The molecule has 0 saturated heterocycles. The molecule has 0 aliphatic heterocycles. The molecule has 1 heterocycles. The van der Waals surface area contributed by atoms with E-state index in [0.29, 0.717) is 76.9 Å². The molecule has 56 heavy (non-hydrogen) atoms. The van der Waals surface area contributed by atoms with Gasteiger partial charge < -0.3 is 34.1 Å². The van der Waals surface area contributed by atoms with Gasteiger partial charge in [-0.15, -0.1) is 0 Å². The van der Waals surface area contributed by atoms with Crippen molar-refractivity contribution in [3.8, 4) is 11.1 Å². The number of hydrogen-bond acceptors (Lipinski definition) is 10. The summed E-state index contributed by atoms with van der Waals surface area (Å²) < 4.78 is 44.2. The number of nitrogens with zero attached hydrogens (tertiary/aromatic N) is 2. The second-order valence-electron chi connectivity index (χ2n) is 14.7. The van der Waals surface area contributed by atoms with Crippen molar-refractivity contribution in [2.24, 2.45) is 5.92 Å². The van der Waals surface area contributed by atoms with Crippen molar-refractivity contribution in [3.05, 3.63) is 92.9 Å². The maximum absolute atomic E-state index is 14.0. The van der Waals surface area contributed by atoms with Gasteiger partial charge in [0.25, 0.3) is 15.7 Å². The molecule has 0 bridgehead atoms. The number of carbonyl (C=O) groups is 2. The number of rotatable bonds is 26. The fraction of sp³-hybridized carbons (Fsp3) is 0.548. The normalized spacial score (nSPS) is 12.9. The fourth-order valence-electron chi connectivity index (χ4n) is 6.51. The third-order valence-electron chi connectivity index (χ3n) is 9.29. The number of amides is 1. The predicted molar refractivity (Wildman–Crippen MR) is 217 cm³/mol. The van der Waals surface area contributed by atoms with Crippen molar-refractivity contribution in [1.82, 2.24) is 14.8 Å². The number of pyridine rings is 1. The molecule has 2 N–H and O–H groups in total. The summed E-state index contributed by atoms with van der Waals surface area (Å²) in [6, 6.07) is 13.8. The van der Waals surface area contributed by atoms with Crippen LogP contribution in [0.4, 0.5) is 0 Å². The minimum atomic E-state index is -3.46. The van der Waals surface area contributed by atoms with Gasteiger partial charge in [-0.25, -0.2) is 0 Å². The fourth-order valence-corrected chi connectivity index (χ4v) is 6.88. The topological polar surface area (TPSA) is 163 Å². The van der Waals surface area contributed by atoms with Crippen LogP contribution in [0.2, 0.25) is 0 Å². The quantitative estimate of drug-likeness (QED) is 0.0806. The van der Waals surface area contributed by atoms with Crippen molar-refractivity contribution in [2.45, 2.75) is 72.4 Å². The molecule has 0 spiro atoms. The van der Waals surface area contributed by atoms with Gasteiger partial charge in [0.05, 0.1) is 65.0 Å². The van der Waals surface area contributed by atoms with E-state index < -0.39 is 34.1 Å². The lowest BCUT2D eigenvalue weighted by Crippen LogP contribution is -2.39. The number of aromatic nitrogens is 1. The zero-order chi connectivity index (χ0) is 41.3. The van der Waals surface area contributed by atoms with E-state index in [-0.39, 0.29) is 25.2 Å². The Bertz CT molecular complexity index is 1860. The monoisotopic (exact) mass is 799 g/mol. The van der Waals surface area contributed by atoms with Crippen LogP contribution in [-0.2, 0) is 44.5 Å². The Morgan fingerprint density at radius 1 is 0.857 bits per heavy atom. The Morgan fingerprint density at radius 2 is 1.48 bits per heavy atom. The number of aliphatic carboxylic acids is 1. The minimum Gasteiger partial charge on any atom is -0.481 e. The first-order valence-electron chi connectivity index (χ1n) is 19.2. The van der Waals surface area contributed by atoms with Gasteiger partial charge in [0.2, 0.25) is 5.91 Å². The first-order chi connectivity index (χ1) is 26.5. The molecule has 0 fully saturated rings. The Morgan fingerprint density at radius 3 is 2.07 bits per heavy atom. The van der Waals surface area contributed by atoms with Crippen LogP contribution in [0, 0.1) is 26.7 Å². The SMILES string of the molecule is Cc1cc(C)c(-c2cccc([C@H](CC(=O)O)NC(=O)C(CCC(C)C)n3ccc(CCN(C)CCOCCOCCOCCOS(C)(=O)=O)cc3=O)c2)c(C)c1. The molecule has 3 aromatic rings. The molecule has 14 heteroatoms. The highest BCUT2D eigenvalue weighted by Crippen LogP contribution is 2.31. The van der Waals surface area contributed by atoms with Crippen molar-refractivity contribution in [3.63, 3.8) is 0 Å². The number of likely N-dealkylation sites (N-methyl/N-ethyl adjacent to an activating group) is 1. The van der Waals surface area contributed by atoms with Crippen LogP contribution in [0.3, 0.4) is 0 Å². The maximum Gasteiger partial charge on any atom is 0.305 e. The van der Waals surface area contributed by atoms with Gasteiger partial charge in [0, 0.05) is 25.4 Å². The molecule has 1 amide bonds. The van der Waals surface area contributed by atoms with Gasteiger partial charge in [0.15, 0.2) is 0 Å². The lowest BCUT2D eigenvalue weighted by Gasteiger charge is -2.25. The Labute approximate surface area is 332 Å². The van der Waals surface area contributed by atoms with Crippen molar-refractivity contribution < 1.29 is 41.5 Å². The van der Waals surface area contributed by atoms with Crippen LogP contribution >= 0.6 is 0 Å². The van der Waals surface area contributed by atoms with Gasteiger partial charge in [-0.3, -0.25) is 18.6 Å². The molecule has 310 valence electrons. The van der Waals surface area contributed by atoms with E-state index in [1.807, 2.05) is 37.4 Å². The molecule has 3 rings (SSSR count). The van der Waals surface area contributed by atoms with E-state index in [4.69, 9.17) is 14.2 Å². The maximum atomic E-state index is 14.0. The van der Waals surface area contributed by atoms with Crippen LogP contribution in [0.25, 0.3) is 11.1 Å². The Balaban J connectivity index is 1.57. The van der Waals surface area contributed by atoms with Crippen molar-refractivity contribution >= 4 is 22.0 Å². The highest BCUT2D eigenvalue weighted by molar-refractivity contribution is 7.85. The first kappa shape index (κ1) is 46.5. The van der Waals surface area contributed by atoms with Crippen LogP contribution in [0.15, 0.2) is 59.5 Å². The lowest BCUT2D eigenvalue weighted by molar-refractivity contribution is -0.138. The van der Waals surface area contributed by atoms with Crippen molar-refractivity contribution in [2.75, 3.05) is 72.6 Å². The van der Waals surface area contributed by atoms with Crippen LogP contribution in [0.1, 0.15) is 73.0 Å². The molecule has 2 atom stereocenters. The number of carboxylic acid groups (broad SMARTS) is 1.